The molecule has 0 saturated carbocycles. The van der Waals surface area contributed by atoms with E-state index in [-0.39, 0.29) is 6.61 Å². The molecular weight excluding hydrogens is 260 g/mol. The minimum absolute atomic E-state index is 0.150. The lowest BCUT2D eigenvalue weighted by Crippen LogP contribution is -2.36. The molecule has 0 aliphatic rings. The van der Waals surface area contributed by atoms with E-state index in [1.165, 1.54) is 0 Å². The standard InChI is InChI=1S/C13H16N4O3/c14-17-15-8-4-7-12(9-18)16-13(19)20-10-11-5-2-1-3-6-11/h1-3,5-6,9,12H,4,7-8,10H2,(H,16,19)/t12-/m0/s1. The summed E-state index contributed by atoms with van der Waals surface area (Å²) in [5.41, 5.74) is 8.98. The number of aldehydes is 1. The van der Waals surface area contributed by atoms with Gasteiger partial charge < -0.3 is 14.8 Å². The number of hydrogen-bond acceptors (Lipinski definition) is 4. The van der Waals surface area contributed by atoms with Crippen LogP contribution in [-0.2, 0) is 16.1 Å². The van der Waals surface area contributed by atoms with Crippen molar-refractivity contribution in [3.05, 3.63) is 46.3 Å². The first-order valence-corrected chi connectivity index (χ1v) is 6.19. The average Bonchev–Trinajstić information content (AvgIpc) is 2.49. The van der Waals surface area contributed by atoms with Gasteiger partial charge in [-0.3, -0.25) is 0 Å². The van der Waals surface area contributed by atoms with Crippen molar-refractivity contribution in [1.82, 2.24) is 5.32 Å². The third kappa shape index (κ3) is 6.42. The van der Waals surface area contributed by atoms with E-state index in [2.05, 4.69) is 15.3 Å². The largest absolute Gasteiger partial charge is 0.445 e. The number of rotatable bonds is 8. The number of hydrogen-bond donors (Lipinski definition) is 1. The van der Waals surface area contributed by atoms with E-state index in [1.54, 1.807) is 0 Å². The van der Waals surface area contributed by atoms with Crippen LogP contribution in [0.3, 0.4) is 0 Å². The van der Waals surface area contributed by atoms with Crippen molar-refractivity contribution in [1.29, 1.82) is 0 Å². The van der Waals surface area contributed by atoms with E-state index < -0.39 is 12.1 Å². The second-order valence-corrected chi connectivity index (χ2v) is 4.05. The van der Waals surface area contributed by atoms with E-state index in [4.69, 9.17) is 10.3 Å². The molecule has 106 valence electrons. The first-order valence-electron chi connectivity index (χ1n) is 6.19. The van der Waals surface area contributed by atoms with Crippen LogP contribution in [0.2, 0.25) is 0 Å². The van der Waals surface area contributed by atoms with Gasteiger partial charge in [0.05, 0.1) is 6.04 Å². The van der Waals surface area contributed by atoms with Crippen LogP contribution in [0, 0.1) is 0 Å². The monoisotopic (exact) mass is 276 g/mol. The average molecular weight is 276 g/mol. The Morgan fingerprint density at radius 1 is 1.45 bits per heavy atom. The fourth-order valence-corrected chi connectivity index (χ4v) is 1.52. The predicted octanol–water partition coefficient (Wildman–Crippen LogP) is 2.57. The molecule has 1 atom stereocenters. The molecule has 1 aromatic carbocycles. The number of nitrogens with zero attached hydrogens (tertiary/aromatic N) is 3. The third-order valence-corrected chi connectivity index (χ3v) is 2.52. The normalized spacial score (nSPS) is 11.0. The van der Waals surface area contributed by atoms with E-state index in [9.17, 15) is 9.59 Å². The number of nitrogens with one attached hydrogen (secondary N) is 1. The molecule has 1 aromatic rings. The van der Waals surface area contributed by atoms with Crippen LogP contribution in [0.15, 0.2) is 35.4 Å². The zero-order chi connectivity index (χ0) is 14.6. The Kier molecular flexibility index (Phi) is 7.30. The summed E-state index contributed by atoms with van der Waals surface area (Å²) in [6.07, 6.45) is 0.921. The van der Waals surface area contributed by atoms with Gasteiger partial charge in [0, 0.05) is 11.5 Å². The molecular formula is C13H16N4O3. The molecule has 1 N–H and O–H groups in total. The third-order valence-electron chi connectivity index (χ3n) is 2.52. The Balaban J connectivity index is 2.28. The summed E-state index contributed by atoms with van der Waals surface area (Å²) >= 11 is 0. The maximum Gasteiger partial charge on any atom is 0.408 e. The molecule has 0 fully saturated rings. The number of ether oxygens (including phenoxy) is 1. The number of carbonyl (C=O) groups is 2. The minimum atomic E-state index is -0.644. The van der Waals surface area contributed by atoms with Gasteiger partial charge in [-0.2, -0.15) is 0 Å². The summed E-state index contributed by atoms with van der Waals surface area (Å²) in [5, 5.41) is 5.80. The smallest absolute Gasteiger partial charge is 0.408 e. The van der Waals surface area contributed by atoms with Gasteiger partial charge in [-0.1, -0.05) is 35.4 Å². The highest BCUT2D eigenvalue weighted by Crippen LogP contribution is 2.01. The lowest BCUT2D eigenvalue weighted by molar-refractivity contribution is -0.109. The van der Waals surface area contributed by atoms with Crippen molar-refractivity contribution < 1.29 is 14.3 Å². The van der Waals surface area contributed by atoms with Crippen LogP contribution < -0.4 is 5.32 Å². The maximum atomic E-state index is 11.5. The molecule has 0 heterocycles. The molecule has 0 aliphatic carbocycles. The Morgan fingerprint density at radius 3 is 2.85 bits per heavy atom. The van der Waals surface area contributed by atoms with Crippen molar-refractivity contribution in [3.63, 3.8) is 0 Å². The molecule has 0 aliphatic heterocycles. The highest BCUT2D eigenvalue weighted by Gasteiger charge is 2.11. The van der Waals surface area contributed by atoms with Gasteiger partial charge in [0.15, 0.2) is 0 Å². The van der Waals surface area contributed by atoms with Crippen molar-refractivity contribution in [2.45, 2.75) is 25.5 Å². The highest BCUT2D eigenvalue weighted by atomic mass is 16.5. The van der Waals surface area contributed by atoms with E-state index in [1.807, 2.05) is 30.3 Å². The maximum absolute atomic E-state index is 11.5. The molecule has 0 unspecified atom stereocenters. The van der Waals surface area contributed by atoms with Gasteiger partial charge in [0.1, 0.15) is 12.9 Å². The number of azide groups is 1. The molecule has 0 spiro atoms. The first kappa shape index (κ1) is 15.5. The molecule has 7 nitrogen and oxygen atoms in total. The SMILES string of the molecule is [N-]=[N+]=NCCC[C@@H](C=O)NC(=O)OCc1ccccc1. The van der Waals surface area contributed by atoms with Crippen LogP contribution in [0.1, 0.15) is 18.4 Å². The quantitative estimate of drug-likeness (QED) is 0.259. The number of carbonyl (C=O) groups excluding carboxylic acids is 2. The molecule has 0 radical (unpaired) electrons. The zero-order valence-corrected chi connectivity index (χ0v) is 10.9. The fourth-order valence-electron chi connectivity index (χ4n) is 1.52. The molecule has 1 rings (SSSR count). The summed E-state index contributed by atoms with van der Waals surface area (Å²) in [6.45, 7) is 0.443. The topological polar surface area (TPSA) is 104 Å². The van der Waals surface area contributed by atoms with E-state index in [0.29, 0.717) is 25.7 Å². The summed E-state index contributed by atoms with van der Waals surface area (Å²) in [4.78, 5) is 24.9. The van der Waals surface area contributed by atoms with E-state index in [0.717, 1.165) is 5.56 Å². The van der Waals surface area contributed by atoms with Crippen molar-refractivity contribution in [2.24, 2.45) is 5.11 Å². The Morgan fingerprint density at radius 2 is 2.20 bits per heavy atom. The van der Waals surface area contributed by atoms with Gasteiger partial charge in [0.2, 0.25) is 0 Å². The lowest BCUT2D eigenvalue weighted by atomic mass is 10.2. The summed E-state index contributed by atoms with van der Waals surface area (Å²) in [6, 6.07) is 8.61. The molecule has 7 heteroatoms. The van der Waals surface area contributed by atoms with Crippen LogP contribution in [0.4, 0.5) is 4.79 Å². The Bertz CT molecular complexity index is 472. The van der Waals surface area contributed by atoms with Gasteiger partial charge in [-0.15, -0.1) is 0 Å². The van der Waals surface area contributed by atoms with Crippen molar-refractivity contribution >= 4 is 12.4 Å². The second kappa shape index (κ2) is 9.41. The van der Waals surface area contributed by atoms with Crippen LogP contribution in [0.25, 0.3) is 10.4 Å². The van der Waals surface area contributed by atoms with Crippen LogP contribution >= 0.6 is 0 Å². The summed E-state index contributed by atoms with van der Waals surface area (Å²) < 4.78 is 5.00. The van der Waals surface area contributed by atoms with Crippen LogP contribution in [0.5, 0.6) is 0 Å². The number of amides is 1. The van der Waals surface area contributed by atoms with E-state index >= 15 is 0 Å². The fraction of sp³-hybridized carbons (Fsp3) is 0.385. The van der Waals surface area contributed by atoms with Gasteiger partial charge in [0.25, 0.3) is 0 Å². The molecule has 20 heavy (non-hydrogen) atoms. The number of alkyl carbamates (subject to hydrolysis) is 1. The first-order chi connectivity index (χ1) is 9.76. The Labute approximate surface area is 116 Å². The van der Waals surface area contributed by atoms with Gasteiger partial charge in [-0.05, 0) is 23.9 Å². The highest BCUT2D eigenvalue weighted by molar-refractivity contribution is 5.73. The number of benzene rings is 1. The molecule has 1 amide bonds. The minimum Gasteiger partial charge on any atom is -0.445 e. The summed E-state index contributed by atoms with van der Waals surface area (Å²) in [7, 11) is 0. The Hall–Kier alpha value is -2.53. The van der Waals surface area contributed by atoms with Crippen molar-refractivity contribution in [2.75, 3.05) is 6.54 Å². The van der Waals surface area contributed by atoms with Crippen molar-refractivity contribution in [3.8, 4) is 0 Å². The second-order valence-electron chi connectivity index (χ2n) is 4.05. The molecule has 0 bridgehead atoms. The zero-order valence-electron chi connectivity index (χ0n) is 10.9. The lowest BCUT2D eigenvalue weighted by Gasteiger charge is -2.12. The molecule has 0 saturated heterocycles. The molecule has 0 aromatic heterocycles. The predicted molar refractivity (Wildman–Crippen MR) is 72.9 cm³/mol. The van der Waals surface area contributed by atoms with Gasteiger partial charge >= 0.3 is 6.09 Å². The van der Waals surface area contributed by atoms with Gasteiger partial charge in [-0.25, -0.2) is 4.79 Å². The van der Waals surface area contributed by atoms with Crippen LogP contribution in [-0.4, -0.2) is 25.0 Å². The summed E-state index contributed by atoms with van der Waals surface area (Å²) in [5.74, 6) is 0.